The molecule has 0 unspecified atom stereocenters. The zero-order valence-electron chi connectivity index (χ0n) is 26.1. The summed E-state index contributed by atoms with van der Waals surface area (Å²) in [6.07, 6.45) is 0. The number of carboxylic acid groups (broad SMARTS) is 3. The van der Waals surface area contributed by atoms with Crippen molar-refractivity contribution in [2.75, 3.05) is 30.6 Å². The summed E-state index contributed by atoms with van der Waals surface area (Å²) < 4.78 is 11.0. The number of carboxylic acids is 3. The Hall–Kier alpha value is -4.15. The van der Waals surface area contributed by atoms with Crippen LogP contribution in [-0.4, -0.2) is 70.5 Å². The quantitative estimate of drug-likeness (QED) is 0.0972. The highest BCUT2D eigenvalue weighted by Gasteiger charge is 2.29. The van der Waals surface area contributed by atoms with E-state index in [9.17, 15) is 24.0 Å². The third-order valence-electron chi connectivity index (χ3n) is 5.93. The van der Waals surface area contributed by atoms with Crippen molar-refractivity contribution >= 4 is 94.7 Å². The summed E-state index contributed by atoms with van der Waals surface area (Å²) in [5, 5.41) is 32.2. The van der Waals surface area contributed by atoms with Gasteiger partial charge in [0.25, 0.3) is 0 Å². The molecule has 16 heteroatoms. The number of esters is 2. The van der Waals surface area contributed by atoms with Gasteiger partial charge in [-0.15, -0.1) is 0 Å². The number of anilines is 3. The predicted octanol–water partition coefficient (Wildman–Crippen LogP) is 6.75. The van der Waals surface area contributed by atoms with Gasteiger partial charge in [-0.2, -0.15) is 0 Å². The number of nitrogens with one attached hydrogen (secondary N) is 2. The molecule has 0 aromatic heterocycles. The maximum Gasteiger partial charge on any atom is 0.339 e. The molecule has 13 nitrogen and oxygen atoms in total. The van der Waals surface area contributed by atoms with Crippen molar-refractivity contribution in [2.45, 2.75) is 38.8 Å². The van der Waals surface area contributed by atoms with Crippen LogP contribution in [0.15, 0.2) is 68.0 Å². The predicted molar refractivity (Wildman–Crippen MR) is 187 cm³/mol. The van der Waals surface area contributed by atoms with Crippen LogP contribution in [0.5, 0.6) is 0 Å². The molecule has 0 radical (unpaired) electrons. The van der Waals surface area contributed by atoms with Gasteiger partial charge >= 0.3 is 29.8 Å². The van der Waals surface area contributed by atoms with Crippen LogP contribution in [0, 0.1) is 0 Å². The highest BCUT2D eigenvalue weighted by Crippen LogP contribution is 2.25. The van der Waals surface area contributed by atoms with Gasteiger partial charge in [0.05, 0.1) is 30.9 Å². The molecule has 254 valence electrons. The van der Waals surface area contributed by atoms with Gasteiger partial charge in [0.2, 0.25) is 0 Å². The van der Waals surface area contributed by atoms with Crippen LogP contribution in [0.3, 0.4) is 0 Å². The number of nitrogens with two attached hydrogens (primary N) is 1. The molecule has 3 aromatic carbocycles. The molecule has 0 aliphatic rings. The molecular formula is C31H34Br3N3O10. The van der Waals surface area contributed by atoms with E-state index >= 15 is 0 Å². The Morgan fingerprint density at radius 3 is 1.45 bits per heavy atom. The molecule has 0 amide bonds. The molecule has 0 bridgehead atoms. The van der Waals surface area contributed by atoms with Crippen molar-refractivity contribution in [3.8, 4) is 0 Å². The second kappa shape index (κ2) is 17.7. The lowest BCUT2D eigenvalue weighted by atomic mass is 10.0. The molecule has 0 aliphatic carbocycles. The SMILES string of the molecule is CC(C)(Nc1ccc(Br)c(C(=O)O)c1)C(=O)O.COC(=O)c1cc(NC(C)(C)C(=O)OC)ccc1Br.Nc1ccc(Br)c(C(=O)O)c1. The van der Waals surface area contributed by atoms with E-state index in [1.165, 1.54) is 40.2 Å². The van der Waals surface area contributed by atoms with Crippen molar-refractivity contribution in [1.29, 1.82) is 0 Å². The van der Waals surface area contributed by atoms with Crippen molar-refractivity contribution in [2.24, 2.45) is 0 Å². The van der Waals surface area contributed by atoms with Crippen LogP contribution < -0.4 is 16.4 Å². The van der Waals surface area contributed by atoms with E-state index < -0.39 is 40.9 Å². The topological polar surface area (TPSA) is 215 Å². The number of rotatable bonds is 9. The summed E-state index contributed by atoms with van der Waals surface area (Å²) in [5.41, 5.74) is 5.49. The smallest absolute Gasteiger partial charge is 0.339 e. The van der Waals surface area contributed by atoms with Crippen LogP contribution >= 0.6 is 47.8 Å². The Bertz CT molecular complexity index is 1640. The molecule has 0 heterocycles. The maximum absolute atomic E-state index is 11.6. The first-order valence-electron chi connectivity index (χ1n) is 13.2. The van der Waals surface area contributed by atoms with Crippen LogP contribution in [-0.2, 0) is 19.1 Å². The Morgan fingerprint density at radius 1 is 0.638 bits per heavy atom. The summed E-state index contributed by atoms with van der Waals surface area (Å²) in [6.45, 7) is 6.38. The van der Waals surface area contributed by atoms with Gasteiger partial charge in [0.1, 0.15) is 11.1 Å². The minimum Gasteiger partial charge on any atom is -0.480 e. The summed E-state index contributed by atoms with van der Waals surface area (Å²) in [4.78, 5) is 55.5. The minimum atomic E-state index is -1.16. The van der Waals surface area contributed by atoms with Gasteiger partial charge in [-0.3, -0.25) is 0 Å². The highest BCUT2D eigenvalue weighted by atomic mass is 79.9. The number of ether oxygens (including phenoxy) is 2. The second-order valence-corrected chi connectivity index (χ2v) is 13.1. The number of aliphatic carboxylic acids is 1. The normalized spacial score (nSPS) is 10.6. The molecule has 7 N–H and O–H groups in total. The average molecular weight is 848 g/mol. The fourth-order valence-corrected chi connectivity index (χ4v) is 4.67. The van der Waals surface area contributed by atoms with E-state index in [-0.39, 0.29) is 11.1 Å². The Balaban J connectivity index is 0.000000364. The maximum atomic E-state index is 11.6. The van der Waals surface area contributed by atoms with E-state index in [0.717, 1.165) is 0 Å². The zero-order chi connectivity index (χ0) is 36.3. The largest absolute Gasteiger partial charge is 0.480 e. The molecule has 0 saturated carbocycles. The summed E-state index contributed by atoms with van der Waals surface area (Å²) in [5.74, 6) is -3.92. The van der Waals surface area contributed by atoms with E-state index in [4.69, 9.17) is 25.8 Å². The van der Waals surface area contributed by atoms with Gasteiger partial charge in [0, 0.05) is 30.5 Å². The van der Waals surface area contributed by atoms with Crippen LogP contribution in [0.2, 0.25) is 0 Å². The Labute approximate surface area is 296 Å². The summed E-state index contributed by atoms with van der Waals surface area (Å²) >= 11 is 9.48. The first kappa shape index (κ1) is 40.9. The van der Waals surface area contributed by atoms with Gasteiger partial charge in [-0.05, 0) is 130 Å². The average Bonchev–Trinajstić information content (AvgIpc) is 2.99. The van der Waals surface area contributed by atoms with Crippen molar-refractivity contribution < 1.29 is 48.8 Å². The van der Waals surface area contributed by atoms with E-state index in [0.29, 0.717) is 36.0 Å². The number of hydrogen-bond donors (Lipinski definition) is 6. The van der Waals surface area contributed by atoms with Crippen molar-refractivity contribution in [3.05, 3.63) is 84.7 Å². The fourth-order valence-electron chi connectivity index (χ4n) is 3.42. The van der Waals surface area contributed by atoms with Gasteiger partial charge in [0.15, 0.2) is 0 Å². The summed E-state index contributed by atoms with van der Waals surface area (Å²) in [6, 6.07) is 14.3. The number of nitrogen functional groups attached to an aromatic ring is 1. The first-order valence-corrected chi connectivity index (χ1v) is 15.6. The highest BCUT2D eigenvalue weighted by molar-refractivity contribution is 9.11. The number of methoxy groups -OCH3 is 2. The van der Waals surface area contributed by atoms with Gasteiger partial charge in [-0.25, -0.2) is 24.0 Å². The second-order valence-electron chi connectivity index (χ2n) is 10.5. The fraction of sp³-hybridized carbons (Fsp3) is 0.258. The number of halogens is 3. The molecule has 0 spiro atoms. The Morgan fingerprint density at radius 2 is 1.04 bits per heavy atom. The van der Waals surface area contributed by atoms with Crippen LogP contribution in [0.1, 0.15) is 58.8 Å². The monoisotopic (exact) mass is 845 g/mol. The van der Waals surface area contributed by atoms with Crippen LogP contribution in [0.4, 0.5) is 17.1 Å². The minimum absolute atomic E-state index is 0.0798. The molecule has 47 heavy (non-hydrogen) atoms. The number of aromatic carboxylic acids is 2. The lowest BCUT2D eigenvalue weighted by Crippen LogP contribution is -2.41. The molecule has 0 atom stereocenters. The van der Waals surface area contributed by atoms with Gasteiger partial charge < -0.3 is 41.2 Å². The van der Waals surface area contributed by atoms with Gasteiger partial charge in [-0.1, -0.05) is 0 Å². The van der Waals surface area contributed by atoms with Crippen LogP contribution in [0.25, 0.3) is 0 Å². The summed E-state index contributed by atoms with van der Waals surface area (Å²) in [7, 11) is 2.64. The molecular weight excluding hydrogens is 814 g/mol. The number of carbonyl (C=O) groups is 5. The third-order valence-corrected chi connectivity index (χ3v) is 8.01. The molecule has 0 saturated heterocycles. The van der Waals surface area contributed by atoms with E-state index in [1.807, 2.05) is 0 Å². The molecule has 3 aromatic rings. The van der Waals surface area contributed by atoms with Crippen molar-refractivity contribution in [1.82, 2.24) is 0 Å². The first-order chi connectivity index (χ1) is 21.7. The lowest BCUT2D eigenvalue weighted by Gasteiger charge is -2.24. The standard InChI is InChI=1S/C13H16BrNO4.C11H12BrNO4.C7H6BrNO2/c1-13(2,12(17)19-4)15-8-5-6-10(14)9(7-8)11(16)18-3;1-11(2,10(16)17)13-6-3-4-8(12)7(5-6)9(14)15;8-6-2-1-4(9)3-5(6)7(10)11/h5-7,15H,1-4H3;3-5,13H,1-2H3,(H,14,15)(H,16,17);1-3H,9H2,(H,10,11). The van der Waals surface area contributed by atoms with E-state index in [1.54, 1.807) is 56.3 Å². The molecule has 0 fully saturated rings. The molecule has 0 aliphatic heterocycles. The number of hydrogen-bond acceptors (Lipinski definition) is 10. The third kappa shape index (κ3) is 12.5. The van der Waals surface area contributed by atoms with Crippen molar-refractivity contribution in [3.63, 3.8) is 0 Å². The lowest BCUT2D eigenvalue weighted by molar-refractivity contribution is -0.144. The zero-order valence-corrected chi connectivity index (χ0v) is 30.9. The van der Waals surface area contributed by atoms with E-state index in [2.05, 4.69) is 63.2 Å². The Kier molecular flexibility index (Phi) is 15.4. The number of benzene rings is 3. The number of carbonyl (C=O) groups excluding carboxylic acids is 2. The molecule has 3 rings (SSSR count).